The summed E-state index contributed by atoms with van der Waals surface area (Å²) in [5.74, 6) is -0.870. The Labute approximate surface area is 192 Å². The molecule has 2 heterocycles. The second-order valence-electron chi connectivity index (χ2n) is 10.0. The van der Waals surface area contributed by atoms with Gasteiger partial charge in [-0.2, -0.15) is 0 Å². The van der Waals surface area contributed by atoms with Crippen molar-refractivity contribution in [2.24, 2.45) is 5.92 Å². The molecule has 0 spiro atoms. The lowest BCUT2D eigenvalue weighted by atomic mass is 9.69. The van der Waals surface area contributed by atoms with Crippen molar-refractivity contribution in [3.8, 4) is 0 Å². The number of furan rings is 1. The molecule has 1 unspecified atom stereocenters. The van der Waals surface area contributed by atoms with Crippen LogP contribution in [0.15, 0.2) is 53.1 Å². The zero-order valence-electron chi connectivity index (χ0n) is 19.0. The lowest BCUT2D eigenvalue weighted by Crippen LogP contribution is -2.52. The molecule has 33 heavy (non-hydrogen) atoms. The first-order valence-electron chi connectivity index (χ1n) is 11.6. The number of amides is 1. The van der Waals surface area contributed by atoms with Gasteiger partial charge in [0, 0.05) is 22.2 Å². The van der Waals surface area contributed by atoms with E-state index < -0.39 is 16.9 Å². The summed E-state index contributed by atoms with van der Waals surface area (Å²) in [6, 6.07) is 13.0. The van der Waals surface area contributed by atoms with Gasteiger partial charge in [-0.1, -0.05) is 44.9 Å². The molecule has 0 saturated heterocycles. The number of benzene rings is 2. The van der Waals surface area contributed by atoms with Gasteiger partial charge < -0.3 is 19.6 Å². The average Bonchev–Trinajstić information content (AvgIpc) is 3.54. The van der Waals surface area contributed by atoms with Crippen LogP contribution in [0.5, 0.6) is 0 Å². The molecular weight excluding hydrogens is 418 g/mol. The number of rotatable bonds is 6. The highest BCUT2D eigenvalue weighted by atomic mass is 16.5. The average molecular weight is 448 g/mol. The number of nitrogens with one attached hydrogen (secondary N) is 1. The monoisotopic (exact) mass is 447 g/mol. The van der Waals surface area contributed by atoms with E-state index in [1.54, 1.807) is 24.5 Å². The van der Waals surface area contributed by atoms with Gasteiger partial charge >= 0.3 is 5.97 Å². The molecule has 2 aromatic carbocycles. The number of cyclic esters (lactones) is 1. The zero-order valence-corrected chi connectivity index (χ0v) is 19.0. The van der Waals surface area contributed by atoms with Crippen molar-refractivity contribution >= 4 is 28.5 Å². The molecule has 2 N–H and O–H groups in total. The highest BCUT2D eigenvalue weighted by Gasteiger charge is 2.49. The fourth-order valence-electron chi connectivity index (χ4n) is 5.56. The van der Waals surface area contributed by atoms with Crippen molar-refractivity contribution in [2.75, 3.05) is 5.32 Å². The van der Waals surface area contributed by atoms with Gasteiger partial charge in [0.05, 0.1) is 11.8 Å². The number of anilines is 1. The van der Waals surface area contributed by atoms with Crippen molar-refractivity contribution in [3.63, 3.8) is 0 Å². The lowest BCUT2D eigenvalue weighted by molar-refractivity contribution is -0.143. The Balaban J connectivity index is 1.46. The summed E-state index contributed by atoms with van der Waals surface area (Å²) in [5, 5.41) is 15.9. The van der Waals surface area contributed by atoms with Crippen molar-refractivity contribution in [3.05, 3.63) is 65.4 Å². The molecule has 1 saturated carbocycles. The van der Waals surface area contributed by atoms with E-state index >= 15 is 0 Å². The van der Waals surface area contributed by atoms with Crippen LogP contribution in [0, 0.1) is 5.92 Å². The Morgan fingerprint density at radius 1 is 1.15 bits per heavy atom. The molecule has 2 aliphatic rings. The molecule has 1 aliphatic carbocycles. The molecule has 1 atom stereocenters. The SMILES string of the molecule is CC(C)(CC(O)(C(=O)Nc1ccc2c(c1)COC2=O)C1CCCC1)c1cccc2ccoc12. The fraction of sp³-hybridized carbons (Fsp3) is 0.407. The topological polar surface area (TPSA) is 88.8 Å². The number of hydrogen-bond acceptors (Lipinski definition) is 5. The molecule has 5 rings (SSSR count). The quantitative estimate of drug-likeness (QED) is 0.499. The van der Waals surface area contributed by atoms with Gasteiger partial charge in [-0.25, -0.2) is 4.79 Å². The van der Waals surface area contributed by atoms with E-state index in [0.717, 1.165) is 47.8 Å². The number of hydrogen-bond donors (Lipinski definition) is 2. The molecule has 0 bridgehead atoms. The maximum absolute atomic E-state index is 13.6. The molecule has 1 aromatic heterocycles. The van der Waals surface area contributed by atoms with Gasteiger partial charge in [0.15, 0.2) is 0 Å². The first-order chi connectivity index (χ1) is 15.8. The van der Waals surface area contributed by atoms with Crippen LogP contribution >= 0.6 is 0 Å². The van der Waals surface area contributed by atoms with E-state index in [0.29, 0.717) is 11.3 Å². The van der Waals surface area contributed by atoms with Crippen LogP contribution in [0.4, 0.5) is 5.69 Å². The maximum Gasteiger partial charge on any atom is 0.338 e. The summed E-state index contributed by atoms with van der Waals surface area (Å²) in [7, 11) is 0. The number of carbonyl (C=O) groups is 2. The summed E-state index contributed by atoms with van der Waals surface area (Å²) < 4.78 is 10.8. The zero-order chi connectivity index (χ0) is 23.2. The Bertz CT molecular complexity index is 1220. The van der Waals surface area contributed by atoms with Gasteiger partial charge in [0.2, 0.25) is 0 Å². The molecule has 1 amide bonds. The van der Waals surface area contributed by atoms with E-state index in [1.807, 2.05) is 24.3 Å². The third-order valence-corrected chi connectivity index (χ3v) is 7.29. The Morgan fingerprint density at radius 2 is 1.94 bits per heavy atom. The minimum atomic E-state index is -1.54. The number of ether oxygens (including phenoxy) is 1. The summed E-state index contributed by atoms with van der Waals surface area (Å²) in [6.45, 7) is 4.30. The second kappa shape index (κ2) is 8.03. The molecule has 1 aliphatic heterocycles. The number of carbonyl (C=O) groups excluding carboxylic acids is 2. The van der Waals surface area contributed by atoms with Crippen LogP contribution in [0.3, 0.4) is 0 Å². The normalized spacial score (nSPS) is 18.2. The predicted octanol–water partition coefficient (Wildman–Crippen LogP) is 5.33. The Morgan fingerprint density at radius 3 is 2.73 bits per heavy atom. The number of para-hydroxylation sites is 1. The third kappa shape index (κ3) is 3.82. The first-order valence-corrected chi connectivity index (χ1v) is 11.6. The molecule has 0 radical (unpaired) electrons. The van der Waals surface area contributed by atoms with E-state index in [4.69, 9.17) is 9.15 Å². The molecular formula is C27H29NO5. The van der Waals surface area contributed by atoms with Crippen LogP contribution < -0.4 is 5.32 Å². The largest absolute Gasteiger partial charge is 0.464 e. The van der Waals surface area contributed by atoms with Crippen molar-refractivity contribution in [1.82, 2.24) is 0 Å². The van der Waals surface area contributed by atoms with E-state index in [-0.39, 0.29) is 24.9 Å². The fourth-order valence-corrected chi connectivity index (χ4v) is 5.56. The molecule has 6 nitrogen and oxygen atoms in total. The highest BCUT2D eigenvalue weighted by molar-refractivity contribution is 5.99. The number of fused-ring (bicyclic) bond motifs is 2. The number of esters is 1. The highest BCUT2D eigenvalue weighted by Crippen LogP contribution is 2.44. The minimum absolute atomic E-state index is 0.119. The Kier molecular flexibility index (Phi) is 5.28. The van der Waals surface area contributed by atoms with Crippen molar-refractivity contribution in [2.45, 2.75) is 63.6 Å². The summed E-state index contributed by atoms with van der Waals surface area (Å²) in [5.41, 5.74) is 1.53. The van der Waals surface area contributed by atoms with Crippen LogP contribution in [-0.2, 0) is 21.6 Å². The van der Waals surface area contributed by atoms with Crippen LogP contribution in [0.2, 0.25) is 0 Å². The van der Waals surface area contributed by atoms with Gasteiger partial charge in [-0.05, 0) is 54.9 Å². The molecule has 3 aromatic rings. The predicted molar refractivity (Wildman–Crippen MR) is 125 cm³/mol. The standard InChI is InChI=1S/C27H29NO5/c1-26(2,22-9-5-6-17-12-13-32-23(17)22)16-27(31,19-7-3-4-8-19)25(30)28-20-10-11-21-18(14-20)15-33-24(21)29/h5-6,9-14,19,31H,3-4,7-8,15-16H2,1-2H3,(H,28,30). The van der Waals surface area contributed by atoms with E-state index in [1.165, 1.54) is 0 Å². The van der Waals surface area contributed by atoms with Gasteiger partial charge in [-0.15, -0.1) is 0 Å². The van der Waals surface area contributed by atoms with Gasteiger partial charge in [0.1, 0.15) is 17.8 Å². The third-order valence-electron chi connectivity index (χ3n) is 7.29. The smallest absolute Gasteiger partial charge is 0.338 e. The molecule has 172 valence electrons. The lowest BCUT2D eigenvalue weighted by Gasteiger charge is -2.39. The first kappa shape index (κ1) is 21.7. The summed E-state index contributed by atoms with van der Waals surface area (Å²) >= 11 is 0. The Hall–Kier alpha value is -3.12. The van der Waals surface area contributed by atoms with Gasteiger partial charge in [-0.3, -0.25) is 4.79 Å². The van der Waals surface area contributed by atoms with Crippen molar-refractivity contribution in [1.29, 1.82) is 0 Å². The second-order valence-corrected chi connectivity index (χ2v) is 10.0. The van der Waals surface area contributed by atoms with Crippen LogP contribution in [-0.4, -0.2) is 22.6 Å². The number of aliphatic hydroxyl groups is 1. The molecule has 1 fully saturated rings. The van der Waals surface area contributed by atoms with E-state index in [9.17, 15) is 14.7 Å². The maximum atomic E-state index is 13.6. The minimum Gasteiger partial charge on any atom is -0.464 e. The van der Waals surface area contributed by atoms with E-state index in [2.05, 4.69) is 19.2 Å². The van der Waals surface area contributed by atoms with Crippen molar-refractivity contribution < 1.29 is 23.8 Å². The summed E-state index contributed by atoms with van der Waals surface area (Å²) in [6.07, 6.45) is 5.58. The van der Waals surface area contributed by atoms with Gasteiger partial charge in [0.25, 0.3) is 5.91 Å². The molecule has 6 heteroatoms. The summed E-state index contributed by atoms with van der Waals surface area (Å²) in [4.78, 5) is 25.4. The van der Waals surface area contributed by atoms with Crippen LogP contribution in [0.1, 0.15) is 67.4 Å². The van der Waals surface area contributed by atoms with Crippen LogP contribution in [0.25, 0.3) is 11.0 Å².